The van der Waals surface area contributed by atoms with Gasteiger partial charge in [0.05, 0.1) is 24.6 Å². The van der Waals surface area contributed by atoms with Gasteiger partial charge in [0.1, 0.15) is 0 Å². The van der Waals surface area contributed by atoms with Crippen LogP contribution in [-0.4, -0.2) is 34.0 Å². The number of hydrogen-bond acceptors (Lipinski definition) is 4. The molecule has 1 aromatic heterocycles. The summed E-state index contributed by atoms with van der Waals surface area (Å²) in [6.45, 7) is 7.58. The fourth-order valence-corrected chi connectivity index (χ4v) is 4.87. The molecule has 2 fully saturated rings. The average Bonchev–Trinajstić information content (AvgIpc) is 3.09. The molecule has 2 aliphatic rings. The standard InChI is InChI=1S/C19H32FN3OS/c1-13(2)15-5-7-16(8-6-15)24-12-18-17(9-4-14(3)22-18)19-10-11-21-23(19)25-20/h10-11,13-18,22H,4-9,12H2,1-3H3. The maximum atomic E-state index is 13.1. The van der Waals surface area contributed by atoms with Crippen LogP contribution in [0.15, 0.2) is 12.3 Å². The van der Waals surface area contributed by atoms with Crippen molar-refractivity contribution in [2.45, 2.75) is 83.4 Å². The van der Waals surface area contributed by atoms with E-state index in [1.165, 1.54) is 29.8 Å². The van der Waals surface area contributed by atoms with E-state index in [1.54, 1.807) is 6.20 Å². The second-order valence-corrected chi connectivity index (χ2v) is 8.65. The Balaban J connectivity index is 1.57. The highest BCUT2D eigenvalue weighted by Gasteiger charge is 2.33. The lowest BCUT2D eigenvalue weighted by atomic mass is 9.80. The molecular weight excluding hydrogens is 337 g/mol. The molecule has 0 aromatic carbocycles. The Morgan fingerprint density at radius 3 is 2.72 bits per heavy atom. The van der Waals surface area contributed by atoms with Gasteiger partial charge >= 0.3 is 0 Å². The molecule has 6 heteroatoms. The molecule has 1 aliphatic carbocycles. The van der Waals surface area contributed by atoms with E-state index in [4.69, 9.17) is 4.74 Å². The smallest absolute Gasteiger partial charge is 0.187 e. The van der Waals surface area contributed by atoms with E-state index in [0.717, 1.165) is 30.4 Å². The van der Waals surface area contributed by atoms with Crippen LogP contribution in [0.4, 0.5) is 3.89 Å². The third-order valence-corrected chi connectivity index (χ3v) is 6.59. The van der Waals surface area contributed by atoms with E-state index in [0.29, 0.717) is 18.8 Å². The summed E-state index contributed by atoms with van der Waals surface area (Å²) in [5.74, 6) is 1.90. The summed E-state index contributed by atoms with van der Waals surface area (Å²) < 4.78 is 20.8. The Labute approximate surface area is 155 Å². The lowest BCUT2D eigenvalue weighted by Gasteiger charge is -2.38. The molecular formula is C19H32FN3OS. The summed E-state index contributed by atoms with van der Waals surface area (Å²) in [5, 5.41) is 7.75. The maximum absolute atomic E-state index is 13.1. The number of piperidine rings is 1. The number of nitrogens with one attached hydrogen (secondary N) is 1. The number of nitrogens with zero attached hydrogens (tertiary/aromatic N) is 2. The van der Waals surface area contributed by atoms with Gasteiger partial charge in [0, 0.05) is 18.0 Å². The van der Waals surface area contributed by atoms with Crippen molar-refractivity contribution in [3.63, 3.8) is 0 Å². The van der Waals surface area contributed by atoms with Crippen molar-refractivity contribution < 1.29 is 8.62 Å². The second kappa shape index (κ2) is 8.87. The summed E-state index contributed by atoms with van der Waals surface area (Å²) in [7, 11) is 0. The van der Waals surface area contributed by atoms with Crippen molar-refractivity contribution in [1.82, 2.24) is 14.5 Å². The van der Waals surface area contributed by atoms with Crippen molar-refractivity contribution >= 4 is 12.3 Å². The molecule has 1 saturated heterocycles. The third kappa shape index (κ3) is 4.77. The zero-order chi connectivity index (χ0) is 17.8. The van der Waals surface area contributed by atoms with Crippen LogP contribution in [0.1, 0.15) is 70.9 Å². The molecule has 1 aliphatic heterocycles. The van der Waals surface area contributed by atoms with Crippen LogP contribution >= 0.6 is 12.3 Å². The van der Waals surface area contributed by atoms with Crippen LogP contribution in [0.3, 0.4) is 0 Å². The first-order chi connectivity index (χ1) is 12.1. The number of halogens is 1. The Morgan fingerprint density at radius 2 is 2.04 bits per heavy atom. The van der Waals surface area contributed by atoms with E-state index in [-0.39, 0.29) is 24.3 Å². The van der Waals surface area contributed by atoms with Crippen molar-refractivity contribution in [3.8, 4) is 0 Å². The molecule has 3 unspecified atom stereocenters. The molecule has 0 spiro atoms. The zero-order valence-electron chi connectivity index (χ0n) is 15.7. The van der Waals surface area contributed by atoms with Gasteiger partial charge in [-0.25, -0.2) is 0 Å². The fourth-order valence-electron chi connectivity index (χ4n) is 4.50. The van der Waals surface area contributed by atoms with Crippen molar-refractivity contribution in [2.75, 3.05) is 6.61 Å². The van der Waals surface area contributed by atoms with Crippen LogP contribution in [0.25, 0.3) is 0 Å². The summed E-state index contributed by atoms with van der Waals surface area (Å²) in [6, 6.07) is 2.65. The SMILES string of the molecule is CC1CCC(c2ccnn2SF)C(COC2CCC(C(C)C)CC2)N1. The minimum absolute atomic E-state index is 0.185. The minimum atomic E-state index is 0.185. The summed E-state index contributed by atoms with van der Waals surface area (Å²) in [4.78, 5) is 0. The molecule has 25 heavy (non-hydrogen) atoms. The molecule has 2 heterocycles. The van der Waals surface area contributed by atoms with E-state index in [1.807, 2.05) is 6.07 Å². The first-order valence-electron chi connectivity index (χ1n) is 9.79. The summed E-state index contributed by atoms with van der Waals surface area (Å²) >= 11 is 0.185. The largest absolute Gasteiger partial charge is 0.377 e. The lowest BCUT2D eigenvalue weighted by molar-refractivity contribution is -0.00630. The second-order valence-electron chi connectivity index (χ2n) is 8.17. The maximum Gasteiger partial charge on any atom is 0.187 e. The first-order valence-corrected chi connectivity index (χ1v) is 10.5. The van der Waals surface area contributed by atoms with Crippen LogP contribution in [0.5, 0.6) is 0 Å². The normalized spacial score (nSPS) is 33.7. The Kier molecular flexibility index (Phi) is 6.80. The van der Waals surface area contributed by atoms with Gasteiger partial charge in [-0.05, 0) is 63.4 Å². The monoisotopic (exact) mass is 369 g/mol. The minimum Gasteiger partial charge on any atom is -0.377 e. The van der Waals surface area contributed by atoms with E-state index >= 15 is 0 Å². The molecule has 0 radical (unpaired) electrons. The number of ether oxygens (including phenoxy) is 1. The topological polar surface area (TPSA) is 39.1 Å². The number of rotatable bonds is 6. The van der Waals surface area contributed by atoms with Crippen molar-refractivity contribution in [3.05, 3.63) is 18.0 Å². The van der Waals surface area contributed by atoms with Gasteiger partial charge in [0.15, 0.2) is 12.3 Å². The Bertz CT molecular complexity index is 530. The van der Waals surface area contributed by atoms with Gasteiger partial charge in [-0.3, -0.25) is 0 Å². The molecule has 1 aromatic rings. The highest BCUT2D eigenvalue weighted by atomic mass is 32.2. The third-order valence-electron chi connectivity index (χ3n) is 6.15. The fraction of sp³-hybridized carbons (Fsp3) is 0.842. The molecule has 3 atom stereocenters. The quantitative estimate of drug-likeness (QED) is 0.787. The molecule has 0 amide bonds. The molecule has 142 valence electrons. The molecule has 4 nitrogen and oxygen atoms in total. The number of hydrogen-bond donors (Lipinski definition) is 1. The lowest BCUT2D eigenvalue weighted by Crippen LogP contribution is -2.48. The van der Waals surface area contributed by atoms with Gasteiger partial charge in [0.2, 0.25) is 0 Å². The van der Waals surface area contributed by atoms with Gasteiger partial charge in [-0.1, -0.05) is 13.8 Å². The first kappa shape index (κ1) is 19.2. The molecule has 1 saturated carbocycles. The van der Waals surface area contributed by atoms with Crippen LogP contribution in [0, 0.1) is 11.8 Å². The summed E-state index contributed by atoms with van der Waals surface area (Å²) in [5.41, 5.74) is 0.962. The van der Waals surface area contributed by atoms with Crippen molar-refractivity contribution in [1.29, 1.82) is 0 Å². The van der Waals surface area contributed by atoms with Gasteiger partial charge in [0.25, 0.3) is 0 Å². The van der Waals surface area contributed by atoms with Gasteiger partial charge < -0.3 is 10.1 Å². The predicted octanol–water partition coefficient (Wildman–Crippen LogP) is 4.72. The average molecular weight is 370 g/mol. The van der Waals surface area contributed by atoms with Crippen LogP contribution < -0.4 is 5.32 Å². The highest BCUT2D eigenvalue weighted by Crippen LogP contribution is 2.34. The Hall–Kier alpha value is -0.590. The highest BCUT2D eigenvalue weighted by molar-refractivity contribution is 7.92. The van der Waals surface area contributed by atoms with E-state index in [2.05, 4.69) is 31.2 Å². The van der Waals surface area contributed by atoms with Gasteiger partial charge in [-0.15, -0.1) is 3.89 Å². The van der Waals surface area contributed by atoms with Crippen LogP contribution in [-0.2, 0) is 4.74 Å². The van der Waals surface area contributed by atoms with Crippen LogP contribution in [0.2, 0.25) is 0 Å². The predicted molar refractivity (Wildman–Crippen MR) is 101 cm³/mol. The Morgan fingerprint density at radius 1 is 1.28 bits per heavy atom. The van der Waals surface area contributed by atoms with Crippen molar-refractivity contribution in [2.24, 2.45) is 11.8 Å². The zero-order valence-corrected chi connectivity index (χ0v) is 16.5. The molecule has 1 N–H and O–H groups in total. The van der Waals surface area contributed by atoms with Gasteiger partial charge in [-0.2, -0.15) is 9.19 Å². The number of aromatic nitrogens is 2. The summed E-state index contributed by atoms with van der Waals surface area (Å²) in [6.07, 6.45) is 9.14. The molecule has 0 bridgehead atoms. The van der Waals surface area contributed by atoms with E-state index in [9.17, 15) is 3.89 Å². The molecule has 3 rings (SSSR count). The van der Waals surface area contributed by atoms with E-state index < -0.39 is 0 Å².